The molecule has 0 aromatic heterocycles. The van der Waals surface area contributed by atoms with Crippen LogP contribution in [0, 0.1) is 6.92 Å². The first-order chi connectivity index (χ1) is 11.8. The zero-order valence-electron chi connectivity index (χ0n) is 16.5. The van der Waals surface area contributed by atoms with E-state index in [1.165, 1.54) is 48.4 Å². The van der Waals surface area contributed by atoms with E-state index in [-0.39, 0.29) is 22.8 Å². The van der Waals surface area contributed by atoms with Gasteiger partial charge in [0.2, 0.25) is 0 Å². The summed E-state index contributed by atoms with van der Waals surface area (Å²) in [6.45, 7) is 13.5. The van der Waals surface area contributed by atoms with Crippen LogP contribution in [0.2, 0.25) is 0 Å². The molecule has 27 heavy (non-hydrogen) atoms. The third-order valence-corrected chi connectivity index (χ3v) is 5.56. The molecule has 0 atom stereocenters. The van der Waals surface area contributed by atoms with Gasteiger partial charge in [0.15, 0.2) is 0 Å². The lowest BCUT2D eigenvalue weighted by Gasteiger charge is -2.35. The van der Waals surface area contributed by atoms with Crippen molar-refractivity contribution in [1.82, 2.24) is 0 Å². The molecule has 3 N–H and O–H groups in total. The normalized spacial score (nSPS) is 10.7. The summed E-state index contributed by atoms with van der Waals surface area (Å²) in [5.74, 6) is 0. The average Bonchev–Trinajstić information content (AvgIpc) is 2.61. The average molecular weight is 418 g/mol. The van der Waals surface area contributed by atoms with Crippen LogP contribution < -0.4 is 12.4 Å². The largest absolute Gasteiger partial charge is 1.00 e. The molecule has 0 amide bonds. The molecular formula is C20H32ClNO4S. The highest BCUT2D eigenvalue weighted by molar-refractivity contribution is 7.85. The van der Waals surface area contributed by atoms with Crippen LogP contribution in [-0.4, -0.2) is 42.6 Å². The van der Waals surface area contributed by atoms with Crippen LogP contribution in [0.25, 0.3) is 0 Å². The van der Waals surface area contributed by atoms with E-state index in [4.69, 9.17) is 4.55 Å². The van der Waals surface area contributed by atoms with E-state index in [9.17, 15) is 8.42 Å². The monoisotopic (exact) mass is 417 g/mol. The van der Waals surface area contributed by atoms with Crippen LogP contribution in [0.1, 0.15) is 31.9 Å². The highest BCUT2D eigenvalue weighted by atomic mass is 35.5. The molecule has 154 valence electrons. The molecule has 2 rings (SSSR count). The smallest absolute Gasteiger partial charge is 0.294 e. The third-order valence-electron chi connectivity index (χ3n) is 4.69. The van der Waals surface area contributed by atoms with Gasteiger partial charge in [0, 0.05) is 5.56 Å². The molecule has 0 spiro atoms. The minimum Gasteiger partial charge on any atom is -1.00 e. The maximum absolute atomic E-state index is 10.5. The molecule has 0 bridgehead atoms. The Balaban J connectivity index is 0. The lowest BCUT2D eigenvalue weighted by atomic mass is 10.2. The Bertz CT molecular complexity index is 722. The minimum atomic E-state index is -4.02. The molecule has 7 heteroatoms. The molecule has 0 aliphatic heterocycles. The number of hydrogen-bond donors (Lipinski definition) is 1. The van der Waals surface area contributed by atoms with Gasteiger partial charge < -0.3 is 22.4 Å². The first-order valence-electron chi connectivity index (χ1n) is 8.69. The molecule has 5 nitrogen and oxygen atoms in total. The quantitative estimate of drug-likeness (QED) is 0.548. The highest BCUT2D eigenvalue weighted by Crippen LogP contribution is 2.13. The highest BCUT2D eigenvalue weighted by Gasteiger charge is 2.20. The summed E-state index contributed by atoms with van der Waals surface area (Å²) in [6.07, 6.45) is 0. The topological polar surface area (TPSA) is 85.9 Å². The second-order valence-corrected chi connectivity index (χ2v) is 7.64. The molecule has 2 aromatic carbocycles. The summed E-state index contributed by atoms with van der Waals surface area (Å²) in [5, 5.41) is 0. The van der Waals surface area contributed by atoms with Crippen LogP contribution in [0.5, 0.6) is 0 Å². The molecule has 0 saturated carbocycles. The van der Waals surface area contributed by atoms with Crippen LogP contribution in [-0.2, 0) is 16.7 Å². The molecule has 0 saturated heterocycles. The maximum atomic E-state index is 10.5. The number of rotatable bonds is 6. The van der Waals surface area contributed by atoms with Crippen molar-refractivity contribution in [1.29, 1.82) is 0 Å². The zero-order valence-corrected chi connectivity index (χ0v) is 18.1. The number of benzene rings is 2. The van der Waals surface area contributed by atoms with Crippen molar-refractivity contribution in [2.75, 3.05) is 19.6 Å². The van der Waals surface area contributed by atoms with Crippen molar-refractivity contribution in [3.05, 3.63) is 65.7 Å². The fraction of sp³-hybridized carbons (Fsp3) is 0.400. The Morgan fingerprint density at radius 3 is 1.67 bits per heavy atom. The Kier molecular flexibility index (Phi) is 13.2. The fourth-order valence-electron chi connectivity index (χ4n) is 2.69. The summed E-state index contributed by atoms with van der Waals surface area (Å²) in [7, 11) is -4.02. The predicted molar refractivity (Wildman–Crippen MR) is 107 cm³/mol. The van der Waals surface area contributed by atoms with E-state index >= 15 is 0 Å². The van der Waals surface area contributed by atoms with Gasteiger partial charge in [-0.1, -0.05) is 48.0 Å². The summed E-state index contributed by atoms with van der Waals surface area (Å²) < 4.78 is 30.7. The van der Waals surface area contributed by atoms with Crippen molar-refractivity contribution in [2.24, 2.45) is 0 Å². The molecule has 2 aromatic rings. The second kappa shape index (κ2) is 12.9. The fourth-order valence-corrected chi connectivity index (χ4v) is 3.17. The minimum absolute atomic E-state index is 0. The Hall–Kier alpha value is -1.44. The molecular weight excluding hydrogens is 386 g/mol. The Morgan fingerprint density at radius 1 is 0.852 bits per heavy atom. The van der Waals surface area contributed by atoms with E-state index in [2.05, 4.69) is 51.1 Å². The molecule has 0 unspecified atom stereocenters. The molecule has 0 aliphatic carbocycles. The van der Waals surface area contributed by atoms with E-state index in [0.717, 1.165) is 5.56 Å². The van der Waals surface area contributed by atoms with Crippen LogP contribution >= 0.6 is 0 Å². The number of halogens is 1. The van der Waals surface area contributed by atoms with Gasteiger partial charge in [0.25, 0.3) is 10.1 Å². The van der Waals surface area contributed by atoms with Crippen molar-refractivity contribution in [3.63, 3.8) is 0 Å². The van der Waals surface area contributed by atoms with E-state index < -0.39 is 10.1 Å². The summed E-state index contributed by atoms with van der Waals surface area (Å²) >= 11 is 0. The molecule has 0 radical (unpaired) electrons. The molecule has 0 heterocycles. The van der Waals surface area contributed by atoms with Gasteiger partial charge >= 0.3 is 0 Å². The Morgan fingerprint density at radius 2 is 1.30 bits per heavy atom. The number of quaternary nitrogens is 1. The summed E-state index contributed by atoms with van der Waals surface area (Å²) in [6, 6.07) is 16.8. The number of aryl methyl sites for hydroxylation is 1. The molecule has 0 aliphatic rings. The van der Waals surface area contributed by atoms with Gasteiger partial charge in [-0.05, 0) is 39.8 Å². The van der Waals surface area contributed by atoms with Crippen molar-refractivity contribution in [2.45, 2.75) is 39.1 Å². The Labute approximate surface area is 170 Å². The summed E-state index contributed by atoms with van der Waals surface area (Å²) in [4.78, 5) is -0.0666. The van der Waals surface area contributed by atoms with Gasteiger partial charge in [-0.3, -0.25) is 4.55 Å². The number of hydrogen-bond acceptors (Lipinski definition) is 2. The number of nitrogens with zero attached hydrogens (tertiary/aromatic N) is 1. The van der Waals surface area contributed by atoms with Crippen LogP contribution in [0.15, 0.2) is 59.5 Å². The SMILES string of the molecule is CC[N+](CC)(CC)Cc1ccccc1.Cc1ccc(S(=O)(=O)O)cc1.O.[Cl-]. The van der Waals surface area contributed by atoms with Crippen molar-refractivity contribution >= 4 is 10.1 Å². The van der Waals surface area contributed by atoms with E-state index in [1.54, 1.807) is 12.1 Å². The zero-order chi connectivity index (χ0) is 18.9. The maximum Gasteiger partial charge on any atom is 0.294 e. The van der Waals surface area contributed by atoms with Crippen molar-refractivity contribution < 1.29 is 35.3 Å². The van der Waals surface area contributed by atoms with Gasteiger partial charge in [-0.15, -0.1) is 0 Å². The first-order valence-corrected chi connectivity index (χ1v) is 10.1. The van der Waals surface area contributed by atoms with Crippen LogP contribution in [0.3, 0.4) is 0 Å². The van der Waals surface area contributed by atoms with Gasteiger partial charge in [-0.25, -0.2) is 0 Å². The van der Waals surface area contributed by atoms with Crippen LogP contribution in [0.4, 0.5) is 0 Å². The molecule has 0 fully saturated rings. The lowest BCUT2D eigenvalue weighted by Crippen LogP contribution is -3.00. The van der Waals surface area contributed by atoms with Gasteiger partial charge in [0.05, 0.1) is 24.5 Å². The predicted octanol–water partition coefficient (Wildman–Crippen LogP) is 0.484. The van der Waals surface area contributed by atoms with E-state index in [0.29, 0.717) is 0 Å². The first kappa shape index (κ1) is 27.8. The third kappa shape index (κ3) is 9.35. The second-order valence-electron chi connectivity index (χ2n) is 6.22. The van der Waals surface area contributed by atoms with Gasteiger partial charge in [0.1, 0.15) is 6.54 Å². The lowest BCUT2D eigenvalue weighted by molar-refractivity contribution is -0.936. The standard InChI is InChI=1S/C13H22N.C7H8O3S.ClH.H2O/c1-4-14(5-2,6-3)12-13-10-8-7-9-11-13;1-6-2-4-7(5-3-6)11(8,9)10;;/h7-11H,4-6,12H2,1-3H3;2-5H,1H3,(H,8,9,10);1H;1H2/q+1;;;/p-1. The van der Waals surface area contributed by atoms with Gasteiger partial charge in [-0.2, -0.15) is 8.42 Å². The summed E-state index contributed by atoms with van der Waals surface area (Å²) in [5.41, 5.74) is 2.41. The van der Waals surface area contributed by atoms with E-state index in [1.807, 2.05) is 6.92 Å². The van der Waals surface area contributed by atoms with Crippen molar-refractivity contribution in [3.8, 4) is 0 Å².